The maximum absolute atomic E-state index is 12.2. The summed E-state index contributed by atoms with van der Waals surface area (Å²) in [6.45, 7) is 10.2. The summed E-state index contributed by atoms with van der Waals surface area (Å²) in [5, 5.41) is 0. The summed E-state index contributed by atoms with van der Waals surface area (Å²) in [6, 6.07) is 8.07. The molecule has 1 aromatic rings. The number of hydrogen-bond donors (Lipinski definition) is 0. The monoisotopic (exact) mass is 260 g/mol. The zero-order chi connectivity index (χ0) is 14.0. The van der Waals surface area contributed by atoms with Crippen molar-refractivity contribution in [2.45, 2.75) is 20.8 Å². The van der Waals surface area contributed by atoms with Crippen molar-refractivity contribution in [2.75, 3.05) is 38.1 Å². The molecule has 1 aliphatic heterocycles. The largest absolute Gasteiger partial charge is 0.369 e. The number of piperazine rings is 1. The van der Waals surface area contributed by atoms with Crippen molar-refractivity contribution >= 4 is 11.5 Å². The Morgan fingerprint density at radius 3 is 2.00 bits per heavy atom. The minimum Gasteiger partial charge on any atom is -0.369 e. The Bertz CT molecular complexity index is 437. The minimum absolute atomic E-state index is 0.206. The van der Waals surface area contributed by atoms with E-state index in [1.807, 2.05) is 32.9 Å². The summed E-state index contributed by atoms with van der Waals surface area (Å²) in [6.07, 6.45) is 0. The van der Waals surface area contributed by atoms with Gasteiger partial charge in [-0.3, -0.25) is 4.79 Å². The van der Waals surface area contributed by atoms with E-state index < -0.39 is 0 Å². The third-order valence-electron chi connectivity index (χ3n) is 3.68. The van der Waals surface area contributed by atoms with Gasteiger partial charge in [-0.15, -0.1) is 0 Å². The number of hydrogen-bond acceptors (Lipinski definition) is 3. The van der Waals surface area contributed by atoms with E-state index in [-0.39, 0.29) is 11.2 Å². The summed E-state index contributed by atoms with van der Waals surface area (Å²) in [4.78, 5) is 16.9. The third kappa shape index (κ3) is 3.35. The fraction of sp³-hybridized carbons (Fsp3) is 0.562. The van der Waals surface area contributed by atoms with Crippen LogP contribution in [0.2, 0.25) is 0 Å². The van der Waals surface area contributed by atoms with Crippen molar-refractivity contribution in [3.63, 3.8) is 0 Å². The number of nitrogens with zero attached hydrogens (tertiary/aromatic N) is 2. The van der Waals surface area contributed by atoms with Gasteiger partial charge in [-0.2, -0.15) is 0 Å². The Kier molecular flexibility index (Phi) is 3.95. The number of carbonyl (C=O) groups excluding carboxylic acids is 1. The highest BCUT2D eigenvalue weighted by molar-refractivity contribution is 6.00. The molecule has 0 amide bonds. The van der Waals surface area contributed by atoms with Crippen molar-refractivity contribution < 1.29 is 4.79 Å². The first-order chi connectivity index (χ1) is 8.88. The Morgan fingerprint density at radius 1 is 1.00 bits per heavy atom. The van der Waals surface area contributed by atoms with Gasteiger partial charge in [0.05, 0.1) is 0 Å². The van der Waals surface area contributed by atoms with Gasteiger partial charge in [-0.1, -0.05) is 20.8 Å². The van der Waals surface area contributed by atoms with Gasteiger partial charge in [-0.25, -0.2) is 0 Å². The number of carbonyl (C=O) groups is 1. The molecule has 0 aliphatic carbocycles. The predicted octanol–water partition coefficient (Wildman–Crippen LogP) is 2.67. The lowest BCUT2D eigenvalue weighted by Crippen LogP contribution is -2.44. The van der Waals surface area contributed by atoms with Gasteiger partial charge in [0.25, 0.3) is 0 Å². The molecule has 0 saturated carbocycles. The molecule has 1 aromatic carbocycles. The zero-order valence-electron chi connectivity index (χ0n) is 12.4. The Morgan fingerprint density at radius 2 is 1.53 bits per heavy atom. The van der Waals surface area contributed by atoms with Gasteiger partial charge < -0.3 is 9.80 Å². The van der Waals surface area contributed by atoms with Crippen molar-refractivity contribution in [1.82, 2.24) is 4.90 Å². The van der Waals surface area contributed by atoms with Gasteiger partial charge in [0.1, 0.15) is 0 Å². The molecule has 0 atom stereocenters. The summed E-state index contributed by atoms with van der Waals surface area (Å²) in [5.74, 6) is 0.206. The lowest BCUT2D eigenvalue weighted by atomic mass is 9.86. The van der Waals surface area contributed by atoms with E-state index in [4.69, 9.17) is 0 Å². The van der Waals surface area contributed by atoms with Gasteiger partial charge >= 0.3 is 0 Å². The second kappa shape index (κ2) is 5.33. The van der Waals surface area contributed by atoms with Crippen molar-refractivity contribution in [3.8, 4) is 0 Å². The maximum atomic E-state index is 12.2. The Hall–Kier alpha value is -1.35. The molecule has 3 heteroatoms. The first-order valence-corrected chi connectivity index (χ1v) is 6.96. The maximum Gasteiger partial charge on any atom is 0.168 e. The normalized spacial score (nSPS) is 17.6. The molecule has 1 saturated heterocycles. The SMILES string of the molecule is CN1CCN(c2ccc(C(=O)C(C)(C)C)cc2)CC1. The number of ketones is 1. The molecule has 0 unspecified atom stereocenters. The number of anilines is 1. The molecule has 1 fully saturated rings. The third-order valence-corrected chi connectivity index (χ3v) is 3.68. The predicted molar refractivity (Wildman–Crippen MR) is 79.9 cm³/mol. The van der Waals surface area contributed by atoms with Crippen LogP contribution >= 0.6 is 0 Å². The van der Waals surface area contributed by atoms with Crippen molar-refractivity contribution in [1.29, 1.82) is 0 Å². The topological polar surface area (TPSA) is 23.6 Å². The minimum atomic E-state index is -0.310. The van der Waals surface area contributed by atoms with Crippen LogP contribution in [-0.2, 0) is 0 Å². The van der Waals surface area contributed by atoms with Gasteiger partial charge in [-0.05, 0) is 31.3 Å². The van der Waals surface area contributed by atoms with Crippen LogP contribution in [0.5, 0.6) is 0 Å². The second-order valence-electron chi connectivity index (χ2n) is 6.42. The second-order valence-corrected chi connectivity index (χ2v) is 6.42. The molecule has 0 spiro atoms. The lowest BCUT2D eigenvalue weighted by Gasteiger charge is -2.34. The average Bonchev–Trinajstić information content (AvgIpc) is 2.38. The van der Waals surface area contributed by atoms with Crippen LogP contribution < -0.4 is 4.90 Å². The van der Waals surface area contributed by atoms with E-state index in [2.05, 4.69) is 29.0 Å². The summed E-state index contributed by atoms with van der Waals surface area (Å²) in [7, 11) is 2.16. The van der Waals surface area contributed by atoms with E-state index >= 15 is 0 Å². The van der Waals surface area contributed by atoms with Crippen LogP contribution in [0, 0.1) is 5.41 Å². The zero-order valence-corrected chi connectivity index (χ0v) is 12.4. The lowest BCUT2D eigenvalue weighted by molar-refractivity contribution is 0.0858. The summed E-state index contributed by atoms with van der Waals surface area (Å²) >= 11 is 0. The van der Waals surface area contributed by atoms with Gasteiger partial charge in [0.2, 0.25) is 0 Å². The van der Waals surface area contributed by atoms with Crippen LogP contribution in [0.1, 0.15) is 31.1 Å². The number of Topliss-reactive ketones (excluding diaryl/α,β-unsaturated/α-hetero) is 1. The molecule has 0 bridgehead atoms. The highest BCUT2D eigenvalue weighted by Gasteiger charge is 2.23. The Balaban J connectivity index is 2.09. The van der Waals surface area contributed by atoms with Crippen LogP contribution in [-0.4, -0.2) is 43.9 Å². The number of benzene rings is 1. The molecule has 19 heavy (non-hydrogen) atoms. The molecule has 0 radical (unpaired) electrons. The molecule has 2 rings (SSSR count). The van der Waals surface area contributed by atoms with E-state index in [1.54, 1.807) is 0 Å². The summed E-state index contributed by atoms with van der Waals surface area (Å²) in [5.41, 5.74) is 1.72. The molecule has 0 aromatic heterocycles. The summed E-state index contributed by atoms with van der Waals surface area (Å²) < 4.78 is 0. The van der Waals surface area contributed by atoms with Gasteiger partial charge in [0, 0.05) is 42.8 Å². The van der Waals surface area contributed by atoms with E-state index in [0.29, 0.717) is 0 Å². The quantitative estimate of drug-likeness (QED) is 0.764. The van der Waals surface area contributed by atoms with Crippen LogP contribution in [0.15, 0.2) is 24.3 Å². The molecule has 0 N–H and O–H groups in total. The van der Waals surface area contributed by atoms with E-state index in [1.165, 1.54) is 5.69 Å². The fourth-order valence-electron chi connectivity index (χ4n) is 2.32. The van der Waals surface area contributed by atoms with E-state index in [0.717, 1.165) is 31.7 Å². The average molecular weight is 260 g/mol. The Labute approximate surface area is 116 Å². The van der Waals surface area contributed by atoms with Crippen LogP contribution in [0.3, 0.4) is 0 Å². The number of likely N-dealkylation sites (N-methyl/N-ethyl adjacent to an activating group) is 1. The highest BCUT2D eigenvalue weighted by Crippen LogP contribution is 2.23. The molecular formula is C16H24N2O. The molecular weight excluding hydrogens is 236 g/mol. The molecule has 3 nitrogen and oxygen atoms in total. The van der Waals surface area contributed by atoms with Gasteiger partial charge in [0.15, 0.2) is 5.78 Å². The van der Waals surface area contributed by atoms with Crippen molar-refractivity contribution in [2.24, 2.45) is 5.41 Å². The van der Waals surface area contributed by atoms with E-state index in [9.17, 15) is 4.79 Å². The highest BCUT2D eigenvalue weighted by atomic mass is 16.1. The molecule has 1 aliphatic rings. The number of rotatable bonds is 2. The first-order valence-electron chi connectivity index (χ1n) is 6.96. The molecule has 104 valence electrons. The fourth-order valence-corrected chi connectivity index (χ4v) is 2.32. The first kappa shape index (κ1) is 14.1. The van der Waals surface area contributed by atoms with Crippen LogP contribution in [0.4, 0.5) is 5.69 Å². The standard InChI is InChI=1S/C16H24N2O/c1-16(2,3)15(19)13-5-7-14(8-6-13)18-11-9-17(4)10-12-18/h5-8H,9-12H2,1-4H3. The van der Waals surface area contributed by atoms with Crippen LogP contribution in [0.25, 0.3) is 0 Å². The smallest absolute Gasteiger partial charge is 0.168 e. The van der Waals surface area contributed by atoms with Crippen molar-refractivity contribution in [3.05, 3.63) is 29.8 Å². The molecule has 1 heterocycles.